The van der Waals surface area contributed by atoms with E-state index in [9.17, 15) is 4.39 Å². The monoisotopic (exact) mass is 295 g/mol. The van der Waals surface area contributed by atoms with Crippen molar-refractivity contribution in [2.24, 2.45) is 0 Å². The van der Waals surface area contributed by atoms with Crippen LogP contribution in [0.25, 0.3) is 11.0 Å². The van der Waals surface area contributed by atoms with Gasteiger partial charge in [0.05, 0.1) is 15.4 Å². The van der Waals surface area contributed by atoms with E-state index in [0.29, 0.717) is 11.5 Å². The fourth-order valence-corrected chi connectivity index (χ4v) is 2.94. The average Bonchev–Trinajstić information content (AvgIpc) is 2.95. The van der Waals surface area contributed by atoms with Gasteiger partial charge in [-0.25, -0.2) is 9.37 Å². The lowest BCUT2D eigenvalue weighted by Crippen LogP contribution is -2.04. The molecule has 0 aliphatic heterocycles. The number of rotatable bonds is 4. The van der Waals surface area contributed by atoms with Crippen molar-refractivity contribution in [3.63, 3.8) is 0 Å². The van der Waals surface area contributed by atoms with E-state index < -0.39 is 0 Å². The molecule has 0 unspecified atom stereocenters. The Labute approximate surface area is 118 Å². The minimum atomic E-state index is -0.268. The molecule has 19 heavy (non-hydrogen) atoms. The van der Waals surface area contributed by atoms with E-state index in [1.165, 1.54) is 17.0 Å². The molecule has 0 atom stereocenters. The maximum absolute atomic E-state index is 13.0. The van der Waals surface area contributed by atoms with Gasteiger partial charge in [0.2, 0.25) is 5.95 Å². The summed E-state index contributed by atoms with van der Waals surface area (Å²) in [4.78, 5) is 8.60. The molecule has 0 amide bonds. The Morgan fingerprint density at radius 3 is 3.00 bits per heavy atom. The first-order valence-electron chi connectivity index (χ1n) is 5.84. The van der Waals surface area contributed by atoms with Gasteiger partial charge in [-0.15, -0.1) is 11.3 Å². The van der Waals surface area contributed by atoms with Crippen molar-refractivity contribution in [3.8, 4) is 0 Å². The number of benzene rings is 1. The van der Waals surface area contributed by atoms with Gasteiger partial charge in [0, 0.05) is 11.4 Å². The summed E-state index contributed by atoms with van der Waals surface area (Å²) in [6.45, 7) is 0.749. The van der Waals surface area contributed by atoms with E-state index in [0.717, 1.165) is 22.8 Å². The molecule has 0 bridgehead atoms. The summed E-state index contributed by atoms with van der Waals surface area (Å²) in [7, 11) is 0. The van der Waals surface area contributed by atoms with Gasteiger partial charge in [-0.1, -0.05) is 11.6 Å². The van der Waals surface area contributed by atoms with Crippen LogP contribution in [0.5, 0.6) is 0 Å². The molecule has 2 aromatic heterocycles. The Balaban J connectivity index is 1.65. The second-order valence-corrected chi connectivity index (χ2v) is 5.93. The first kappa shape index (κ1) is 12.4. The molecule has 3 rings (SSSR count). The van der Waals surface area contributed by atoms with Crippen LogP contribution in [0.4, 0.5) is 10.3 Å². The van der Waals surface area contributed by atoms with Crippen LogP contribution in [0.1, 0.15) is 4.88 Å². The standard InChI is InChI=1S/C13H11ClFN3S/c14-12-4-2-9(19-12)5-6-16-13-17-10-3-1-8(15)7-11(10)18-13/h1-4,7H,5-6H2,(H2,16,17,18). The predicted molar refractivity (Wildman–Crippen MR) is 77.6 cm³/mol. The largest absolute Gasteiger partial charge is 0.355 e. The van der Waals surface area contributed by atoms with Crippen LogP contribution in [-0.4, -0.2) is 16.5 Å². The lowest BCUT2D eigenvalue weighted by Gasteiger charge is -2.00. The number of fused-ring (bicyclic) bond motifs is 1. The summed E-state index contributed by atoms with van der Waals surface area (Å²) < 4.78 is 13.8. The number of thiophene rings is 1. The van der Waals surface area contributed by atoms with Crippen LogP contribution in [0.2, 0.25) is 4.34 Å². The van der Waals surface area contributed by atoms with Crippen molar-refractivity contribution in [1.29, 1.82) is 0 Å². The first-order valence-corrected chi connectivity index (χ1v) is 7.03. The zero-order valence-electron chi connectivity index (χ0n) is 9.91. The van der Waals surface area contributed by atoms with Crippen LogP contribution in [0.15, 0.2) is 30.3 Å². The predicted octanol–water partition coefficient (Wildman–Crippen LogP) is 4.07. The molecule has 2 N–H and O–H groups in total. The van der Waals surface area contributed by atoms with E-state index in [4.69, 9.17) is 11.6 Å². The van der Waals surface area contributed by atoms with E-state index in [-0.39, 0.29) is 5.82 Å². The van der Waals surface area contributed by atoms with Gasteiger partial charge in [-0.05, 0) is 36.8 Å². The number of H-pyrrole nitrogens is 1. The molecule has 0 saturated carbocycles. The van der Waals surface area contributed by atoms with E-state index >= 15 is 0 Å². The van der Waals surface area contributed by atoms with Gasteiger partial charge in [-0.3, -0.25) is 0 Å². The highest BCUT2D eigenvalue weighted by Gasteiger charge is 2.03. The molecule has 3 aromatic rings. The second kappa shape index (κ2) is 5.19. The molecule has 0 spiro atoms. The molecule has 0 aliphatic carbocycles. The molecule has 0 saturated heterocycles. The average molecular weight is 296 g/mol. The van der Waals surface area contributed by atoms with E-state index in [1.807, 2.05) is 12.1 Å². The van der Waals surface area contributed by atoms with Crippen molar-refractivity contribution in [2.45, 2.75) is 6.42 Å². The lowest BCUT2D eigenvalue weighted by atomic mass is 10.3. The van der Waals surface area contributed by atoms with Crippen LogP contribution < -0.4 is 5.32 Å². The Hall–Kier alpha value is -1.59. The van der Waals surface area contributed by atoms with Crippen molar-refractivity contribution in [2.75, 3.05) is 11.9 Å². The van der Waals surface area contributed by atoms with Crippen molar-refractivity contribution in [3.05, 3.63) is 45.4 Å². The molecule has 98 valence electrons. The summed E-state index contributed by atoms with van der Waals surface area (Å²) in [5, 5.41) is 3.19. The highest BCUT2D eigenvalue weighted by atomic mass is 35.5. The number of nitrogens with zero attached hydrogens (tertiary/aromatic N) is 1. The molecule has 0 radical (unpaired) electrons. The van der Waals surface area contributed by atoms with Gasteiger partial charge in [0.1, 0.15) is 5.82 Å². The summed E-state index contributed by atoms with van der Waals surface area (Å²) in [5.74, 6) is 0.388. The van der Waals surface area contributed by atoms with E-state index in [1.54, 1.807) is 17.4 Å². The molecule has 2 heterocycles. The molecule has 6 heteroatoms. The summed E-state index contributed by atoms with van der Waals surface area (Å²) in [6.07, 6.45) is 0.878. The summed E-state index contributed by atoms with van der Waals surface area (Å²) >= 11 is 7.44. The highest BCUT2D eigenvalue weighted by molar-refractivity contribution is 7.16. The highest BCUT2D eigenvalue weighted by Crippen LogP contribution is 2.22. The smallest absolute Gasteiger partial charge is 0.201 e. The Morgan fingerprint density at radius 2 is 2.21 bits per heavy atom. The van der Waals surface area contributed by atoms with Crippen molar-refractivity contribution < 1.29 is 4.39 Å². The second-order valence-electron chi connectivity index (χ2n) is 4.13. The van der Waals surface area contributed by atoms with Crippen LogP contribution in [-0.2, 0) is 6.42 Å². The van der Waals surface area contributed by atoms with Gasteiger partial charge in [0.15, 0.2) is 0 Å². The minimum Gasteiger partial charge on any atom is -0.355 e. The SMILES string of the molecule is Fc1ccc2nc(NCCc3ccc(Cl)s3)[nH]c2c1. The van der Waals surface area contributed by atoms with Crippen LogP contribution >= 0.6 is 22.9 Å². The topological polar surface area (TPSA) is 40.7 Å². The molecule has 1 aromatic carbocycles. The Bertz CT molecular complexity index is 707. The fourth-order valence-electron chi connectivity index (χ4n) is 1.86. The minimum absolute atomic E-state index is 0.268. The van der Waals surface area contributed by atoms with Gasteiger partial charge in [0.25, 0.3) is 0 Å². The third-order valence-electron chi connectivity index (χ3n) is 2.74. The number of hydrogen-bond donors (Lipinski definition) is 2. The number of hydrogen-bond acceptors (Lipinski definition) is 3. The Kier molecular flexibility index (Phi) is 3.40. The number of aromatic amines is 1. The quantitative estimate of drug-likeness (QED) is 0.762. The number of aromatic nitrogens is 2. The van der Waals surface area contributed by atoms with Gasteiger partial charge >= 0.3 is 0 Å². The zero-order valence-corrected chi connectivity index (χ0v) is 11.5. The third kappa shape index (κ3) is 2.88. The van der Waals surface area contributed by atoms with E-state index in [2.05, 4.69) is 15.3 Å². The van der Waals surface area contributed by atoms with Crippen LogP contribution in [0.3, 0.4) is 0 Å². The number of anilines is 1. The maximum atomic E-state index is 13.0. The lowest BCUT2D eigenvalue weighted by molar-refractivity contribution is 0.629. The summed E-state index contributed by atoms with van der Waals surface area (Å²) in [6, 6.07) is 8.41. The molecular weight excluding hydrogens is 285 g/mol. The molecule has 3 nitrogen and oxygen atoms in total. The van der Waals surface area contributed by atoms with Crippen LogP contribution in [0, 0.1) is 5.82 Å². The number of imidazole rings is 1. The fraction of sp³-hybridized carbons (Fsp3) is 0.154. The normalized spacial score (nSPS) is 11.1. The maximum Gasteiger partial charge on any atom is 0.201 e. The molecule has 0 fully saturated rings. The molecule has 0 aliphatic rings. The molecular formula is C13H11ClFN3S. The zero-order chi connectivity index (χ0) is 13.2. The van der Waals surface area contributed by atoms with Gasteiger partial charge in [-0.2, -0.15) is 0 Å². The van der Waals surface area contributed by atoms with Crippen molar-refractivity contribution >= 4 is 39.9 Å². The van der Waals surface area contributed by atoms with Crippen molar-refractivity contribution in [1.82, 2.24) is 9.97 Å². The van der Waals surface area contributed by atoms with Gasteiger partial charge < -0.3 is 10.3 Å². The number of nitrogens with one attached hydrogen (secondary N) is 2. The summed E-state index contributed by atoms with van der Waals surface area (Å²) in [5.41, 5.74) is 1.45. The third-order valence-corrected chi connectivity index (χ3v) is 4.03. The Morgan fingerprint density at radius 1 is 1.32 bits per heavy atom. The number of halogens is 2. The first-order chi connectivity index (χ1) is 9.20.